The van der Waals surface area contributed by atoms with E-state index in [2.05, 4.69) is 0 Å². The summed E-state index contributed by atoms with van der Waals surface area (Å²) in [7, 11) is 0. The van der Waals surface area contributed by atoms with Crippen LogP contribution in [0.3, 0.4) is 0 Å². The molecule has 9 rings (SSSR count). The molecule has 306 valence electrons. The predicted molar refractivity (Wildman–Crippen MR) is 241 cm³/mol. The van der Waals surface area contributed by atoms with E-state index in [0.29, 0.717) is 33.9 Å². The maximum absolute atomic E-state index is 14.0. The lowest BCUT2D eigenvalue weighted by Crippen LogP contribution is -2.13. The number of aryl methyl sites for hydroxylation is 2. The van der Waals surface area contributed by atoms with Gasteiger partial charge in [0.25, 0.3) is 0 Å². The second kappa shape index (κ2) is 15.9. The van der Waals surface area contributed by atoms with Crippen molar-refractivity contribution in [1.82, 2.24) is 0 Å². The number of fused-ring (bicyclic) bond motifs is 2. The lowest BCUT2D eigenvalue weighted by molar-refractivity contribution is -0.138. The average molecular weight is 829 g/mol. The Morgan fingerprint density at radius 2 is 0.597 bits per heavy atom. The fourth-order valence-corrected chi connectivity index (χ4v) is 8.10. The Kier molecular flexibility index (Phi) is 10.3. The molecule has 8 heteroatoms. The number of rotatable bonds is 8. The van der Waals surface area contributed by atoms with Gasteiger partial charge < -0.3 is 9.80 Å². The van der Waals surface area contributed by atoms with E-state index in [1.54, 1.807) is 26.0 Å². The quantitative estimate of drug-likeness (QED) is 0.141. The van der Waals surface area contributed by atoms with Crippen molar-refractivity contribution in [3.05, 3.63) is 216 Å². The summed E-state index contributed by atoms with van der Waals surface area (Å²) < 4.78 is 84.2. The molecule has 0 unspecified atom stereocenters. The van der Waals surface area contributed by atoms with Crippen LogP contribution in [0.5, 0.6) is 0 Å². The standard InChI is InChI=1S/C54H38F6N2/c1-35-27-45(53(55,56)57)33-51(29-35)61(49-25-19-37-7-3-5-9-43(37)31-49)47-21-15-41(16-22-47)39-11-13-40(14-12-39)42-17-23-48(24-18-42)62(50-26-20-38-8-4-6-10-44(38)32-50)52-30-36(2)28-46(34-52)54(58,59)60/h3-34H,1-2H3. The molecule has 9 aromatic rings. The van der Waals surface area contributed by atoms with Gasteiger partial charge in [0.2, 0.25) is 0 Å². The van der Waals surface area contributed by atoms with Crippen LogP contribution in [-0.4, -0.2) is 0 Å². The first kappa shape index (κ1) is 40.1. The minimum absolute atomic E-state index is 0.404. The topological polar surface area (TPSA) is 6.48 Å². The van der Waals surface area contributed by atoms with Crippen molar-refractivity contribution < 1.29 is 26.3 Å². The fraction of sp³-hybridized carbons (Fsp3) is 0.0741. The molecule has 0 heterocycles. The molecule has 0 atom stereocenters. The van der Waals surface area contributed by atoms with Gasteiger partial charge in [-0.15, -0.1) is 0 Å². The smallest absolute Gasteiger partial charge is 0.310 e. The first-order chi connectivity index (χ1) is 29.8. The van der Waals surface area contributed by atoms with Crippen LogP contribution in [0.2, 0.25) is 0 Å². The van der Waals surface area contributed by atoms with Crippen LogP contribution in [0.25, 0.3) is 43.8 Å². The summed E-state index contributed by atoms with van der Waals surface area (Å²) in [6, 6.07) is 59.3. The third kappa shape index (κ3) is 8.24. The number of hydrogen-bond acceptors (Lipinski definition) is 2. The predicted octanol–water partition coefficient (Wildman–Crippen LogP) is 16.9. The number of alkyl halides is 6. The minimum Gasteiger partial charge on any atom is -0.310 e. The Hall–Kier alpha value is -7.32. The SMILES string of the molecule is Cc1cc(N(c2ccc(-c3ccc(-c4ccc(N(c5cc(C)cc(C(F)(F)F)c5)c5ccc6ccccc6c5)cc4)cc3)cc2)c2ccc3ccccc3c2)cc(C(F)(F)F)c1. The van der Waals surface area contributed by atoms with Gasteiger partial charge in [0.1, 0.15) is 0 Å². The summed E-state index contributed by atoms with van der Waals surface area (Å²) in [5.41, 5.74) is 7.02. The van der Waals surface area contributed by atoms with Gasteiger partial charge in [-0.2, -0.15) is 26.3 Å². The van der Waals surface area contributed by atoms with Crippen LogP contribution in [-0.2, 0) is 12.4 Å². The second-order valence-electron chi connectivity index (χ2n) is 15.5. The van der Waals surface area contributed by atoms with Crippen molar-refractivity contribution in [2.45, 2.75) is 26.2 Å². The molecule has 0 aliphatic heterocycles. The lowest BCUT2D eigenvalue weighted by atomic mass is 9.99. The summed E-state index contributed by atoms with van der Waals surface area (Å²) in [6.07, 6.45) is -9.00. The number of halogens is 6. The van der Waals surface area contributed by atoms with E-state index in [9.17, 15) is 26.3 Å². The Balaban J connectivity index is 1.02. The molecule has 62 heavy (non-hydrogen) atoms. The zero-order valence-corrected chi connectivity index (χ0v) is 33.6. The molecule has 0 bridgehead atoms. The van der Waals surface area contributed by atoms with Crippen LogP contribution in [0.15, 0.2) is 194 Å². The minimum atomic E-state index is -4.50. The first-order valence-electron chi connectivity index (χ1n) is 20.0. The highest BCUT2D eigenvalue weighted by atomic mass is 19.4. The molecule has 0 radical (unpaired) electrons. The highest BCUT2D eigenvalue weighted by molar-refractivity contribution is 5.91. The summed E-state index contributed by atoms with van der Waals surface area (Å²) >= 11 is 0. The largest absolute Gasteiger partial charge is 0.416 e. The van der Waals surface area contributed by atoms with E-state index in [4.69, 9.17) is 0 Å². The molecule has 0 saturated carbocycles. The van der Waals surface area contributed by atoms with Crippen molar-refractivity contribution >= 4 is 55.7 Å². The van der Waals surface area contributed by atoms with E-state index in [0.717, 1.165) is 67.3 Å². The van der Waals surface area contributed by atoms with Gasteiger partial charge in [0.15, 0.2) is 0 Å². The summed E-state index contributed by atoms with van der Waals surface area (Å²) in [6.45, 7) is 3.33. The number of benzene rings is 9. The molecule has 9 aromatic carbocycles. The maximum atomic E-state index is 14.0. The first-order valence-corrected chi connectivity index (χ1v) is 20.0. The van der Waals surface area contributed by atoms with Crippen molar-refractivity contribution in [2.75, 3.05) is 9.80 Å². The summed E-state index contributed by atoms with van der Waals surface area (Å²) in [4.78, 5) is 3.70. The van der Waals surface area contributed by atoms with Crippen molar-refractivity contribution in [3.8, 4) is 22.3 Å². The van der Waals surface area contributed by atoms with Crippen molar-refractivity contribution in [2.24, 2.45) is 0 Å². The molecule has 2 nitrogen and oxygen atoms in total. The zero-order valence-electron chi connectivity index (χ0n) is 33.6. The molecule has 0 aliphatic rings. The van der Waals surface area contributed by atoms with Crippen LogP contribution in [0.1, 0.15) is 22.3 Å². The molecular formula is C54H38F6N2. The van der Waals surface area contributed by atoms with Crippen molar-refractivity contribution in [1.29, 1.82) is 0 Å². The van der Waals surface area contributed by atoms with Gasteiger partial charge in [0, 0.05) is 34.1 Å². The fourth-order valence-electron chi connectivity index (χ4n) is 8.10. The number of nitrogens with zero attached hydrogens (tertiary/aromatic N) is 2. The van der Waals surface area contributed by atoms with Gasteiger partial charge >= 0.3 is 12.4 Å². The lowest BCUT2D eigenvalue weighted by Gasteiger charge is -2.27. The second-order valence-corrected chi connectivity index (χ2v) is 15.5. The van der Waals surface area contributed by atoms with E-state index in [1.807, 2.05) is 168 Å². The monoisotopic (exact) mass is 828 g/mol. The molecule has 0 aromatic heterocycles. The summed E-state index contributed by atoms with van der Waals surface area (Å²) in [5, 5.41) is 4.00. The Bertz CT molecular complexity index is 2850. The molecular weight excluding hydrogens is 791 g/mol. The van der Waals surface area contributed by atoms with Gasteiger partial charge in [-0.1, -0.05) is 109 Å². The van der Waals surface area contributed by atoms with Crippen LogP contribution >= 0.6 is 0 Å². The Morgan fingerprint density at radius 1 is 0.290 bits per heavy atom. The highest BCUT2D eigenvalue weighted by Gasteiger charge is 2.33. The Morgan fingerprint density at radius 3 is 0.935 bits per heavy atom. The van der Waals surface area contributed by atoms with Gasteiger partial charge in [-0.25, -0.2) is 0 Å². The maximum Gasteiger partial charge on any atom is 0.416 e. The molecule has 0 N–H and O–H groups in total. The third-order valence-electron chi connectivity index (χ3n) is 11.1. The number of anilines is 6. The van der Waals surface area contributed by atoms with Gasteiger partial charge in [-0.3, -0.25) is 0 Å². The van der Waals surface area contributed by atoms with E-state index < -0.39 is 23.5 Å². The molecule has 0 amide bonds. The van der Waals surface area contributed by atoms with Gasteiger partial charge in [-0.05, 0) is 154 Å². The van der Waals surface area contributed by atoms with Crippen LogP contribution in [0.4, 0.5) is 60.5 Å². The molecule has 0 saturated heterocycles. The van der Waals surface area contributed by atoms with E-state index in [1.165, 1.54) is 12.1 Å². The molecule has 0 spiro atoms. The van der Waals surface area contributed by atoms with Crippen LogP contribution < -0.4 is 9.80 Å². The van der Waals surface area contributed by atoms with Crippen LogP contribution in [0, 0.1) is 13.8 Å². The van der Waals surface area contributed by atoms with Gasteiger partial charge in [0.05, 0.1) is 11.1 Å². The summed E-state index contributed by atoms with van der Waals surface area (Å²) in [5.74, 6) is 0. The number of hydrogen-bond donors (Lipinski definition) is 0. The van der Waals surface area contributed by atoms with E-state index >= 15 is 0 Å². The highest BCUT2D eigenvalue weighted by Crippen LogP contribution is 2.43. The third-order valence-corrected chi connectivity index (χ3v) is 11.1. The zero-order chi connectivity index (χ0) is 43.2. The molecule has 0 aliphatic carbocycles. The molecule has 0 fully saturated rings. The average Bonchev–Trinajstić information content (AvgIpc) is 3.26. The van der Waals surface area contributed by atoms with Crippen molar-refractivity contribution in [3.63, 3.8) is 0 Å². The Labute approximate surface area is 355 Å². The normalized spacial score (nSPS) is 11.9. The van der Waals surface area contributed by atoms with E-state index in [-0.39, 0.29) is 0 Å².